The summed E-state index contributed by atoms with van der Waals surface area (Å²) in [6.45, 7) is 1.68. The number of nitrogens with one attached hydrogen (secondary N) is 1. The molecular weight excluding hydrogens is 236 g/mol. The van der Waals surface area contributed by atoms with Crippen LogP contribution in [0.1, 0.15) is 22.3 Å². The van der Waals surface area contributed by atoms with Gasteiger partial charge in [0.2, 0.25) is 0 Å². The van der Waals surface area contributed by atoms with Crippen molar-refractivity contribution in [1.29, 1.82) is 0 Å². The Labute approximate surface area is 108 Å². The lowest BCUT2D eigenvalue weighted by Crippen LogP contribution is -2.27. The Morgan fingerprint density at radius 2 is 1.94 bits per heavy atom. The topological polar surface area (TPSA) is 32.3 Å². The van der Waals surface area contributed by atoms with Crippen LogP contribution in [0.2, 0.25) is 0 Å². The van der Waals surface area contributed by atoms with E-state index in [4.69, 9.17) is 11.6 Å². The van der Waals surface area contributed by atoms with E-state index in [0.29, 0.717) is 18.0 Å². The fraction of sp³-hybridized carbons (Fsp3) is 0.462. The number of alkyl halides is 1. The molecule has 0 spiro atoms. The Morgan fingerprint density at radius 1 is 1.29 bits per heavy atom. The Hall–Kier alpha value is -1.06. The normalized spacial score (nSPS) is 10.6. The lowest BCUT2D eigenvalue weighted by Gasteiger charge is -2.10. The van der Waals surface area contributed by atoms with Crippen molar-refractivity contribution in [3.8, 4) is 0 Å². The lowest BCUT2D eigenvalue weighted by molar-refractivity contribution is 0.0952. The first kappa shape index (κ1) is 14.0. The van der Waals surface area contributed by atoms with Crippen molar-refractivity contribution in [2.75, 3.05) is 27.2 Å². The minimum Gasteiger partial charge on any atom is -0.352 e. The van der Waals surface area contributed by atoms with E-state index < -0.39 is 0 Å². The zero-order chi connectivity index (χ0) is 12.7. The molecular formula is C13H19ClN2O. The van der Waals surface area contributed by atoms with Gasteiger partial charge < -0.3 is 10.2 Å². The number of carbonyl (C=O) groups excluding carboxylic acids is 1. The molecule has 1 rings (SSSR count). The van der Waals surface area contributed by atoms with Gasteiger partial charge in [0.05, 0.1) is 0 Å². The SMILES string of the molecule is CN(C)CCCNC(=O)c1ccc(CCl)cc1. The highest BCUT2D eigenvalue weighted by atomic mass is 35.5. The van der Waals surface area contributed by atoms with Crippen molar-refractivity contribution in [2.24, 2.45) is 0 Å². The number of hydrogen-bond acceptors (Lipinski definition) is 2. The predicted octanol–water partition coefficient (Wildman–Crippen LogP) is 2.11. The molecule has 0 unspecified atom stereocenters. The highest BCUT2D eigenvalue weighted by Crippen LogP contribution is 2.06. The van der Waals surface area contributed by atoms with Crippen LogP contribution in [-0.4, -0.2) is 38.0 Å². The van der Waals surface area contributed by atoms with Gasteiger partial charge in [-0.1, -0.05) is 12.1 Å². The minimum absolute atomic E-state index is 0.0233. The van der Waals surface area contributed by atoms with Crippen LogP contribution in [0.5, 0.6) is 0 Å². The molecule has 3 nitrogen and oxygen atoms in total. The average Bonchev–Trinajstić information content (AvgIpc) is 2.34. The van der Waals surface area contributed by atoms with Crippen molar-refractivity contribution in [2.45, 2.75) is 12.3 Å². The molecule has 4 heteroatoms. The lowest BCUT2D eigenvalue weighted by atomic mass is 10.1. The Bertz CT molecular complexity index is 349. The molecule has 17 heavy (non-hydrogen) atoms. The average molecular weight is 255 g/mol. The van der Waals surface area contributed by atoms with Gasteiger partial charge in [-0.3, -0.25) is 4.79 Å². The molecule has 0 radical (unpaired) electrons. The summed E-state index contributed by atoms with van der Waals surface area (Å²) in [6, 6.07) is 7.36. The molecule has 0 bridgehead atoms. The van der Waals surface area contributed by atoms with Crippen molar-refractivity contribution in [1.82, 2.24) is 10.2 Å². The van der Waals surface area contributed by atoms with E-state index in [2.05, 4.69) is 10.2 Å². The number of rotatable bonds is 6. The second kappa shape index (κ2) is 7.30. The molecule has 94 valence electrons. The molecule has 1 amide bonds. The second-order valence-corrected chi connectivity index (χ2v) is 4.51. The van der Waals surface area contributed by atoms with Crippen LogP contribution in [0.4, 0.5) is 0 Å². The highest BCUT2D eigenvalue weighted by molar-refractivity contribution is 6.17. The van der Waals surface area contributed by atoms with Crippen LogP contribution in [0.15, 0.2) is 24.3 Å². The summed E-state index contributed by atoms with van der Waals surface area (Å²) in [7, 11) is 4.04. The van der Waals surface area contributed by atoms with E-state index in [1.54, 1.807) is 12.1 Å². The Balaban J connectivity index is 2.36. The molecule has 0 aliphatic heterocycles. The first-order valence-corrected chi connectivity index (χ1v) is 6.25. The fourth-order valence-electron chi connectivity index (χ4n) is 1.44. The maximum Gasteiger partial charge on any atom is 0.251 e. The van der Waals surface area contributed by atoms with Crippen molar-refractivity contribution < 1.29 is 4.79 Å². The molecule has 1 aromatic carbocycles. The van der Waals surface area contributed by atoms with Gasteiger partial charge in [-0.2, -0.15) is 0 Å². The molecule has 0 aromatic heterocycles. The van der Waals surface area contributed by atoms with Crippen molar-refractivity contribution in [3.63, 3.8) is 0 Å². The number of nitrogens with zero attached hydrogens (tertiary/aromatic N) is 1. The molecule has 0 aliphatic carbocycles. The van der Waals surface area contributed by atoms with Gasteiger partial charge in [0, 0.05) is 18.0 Å². The molecule has 0 fully saturated rings. The van der Waals surface area contributed by atoms with Crippen LogP contribution >= 0.6 is 11.6 Å². The molecule has 0 atom stereocenters. The van der Waals surface area contributed by atoms with E-state index in [-0.39, 0.29) is 5.91 Å². The van der Waals surface area contributed by atoms with Gasteiger partial charge >= 0.3 is 0 Å². The second-order valence-electron chi connectivity index (χ2n) is 4.24. The van der Waals surface area contributed by atoms with Gasteiger partial charge in [-0.15, -0.1) is 11.6 Å². The predicted molar refractivity (Wildman–Crippen MR) is 71.5 cm³/mol. The summed E-state index contributed by atoms with van der Waals surface area (Å²) in [4.78, 5) is 13.8. The maximum atomic E-state index is 11.7. The van der Waals surface area contributed by atoms with E-state index >= 15 is 0 Å². The highest BCUT2D eigenvalue weighted by Gasteiger charge is 2.04. The number of halogens is 1. The Kier molecular flexibility index (Phi) is 6.01. The minimum atomic E-state index is -0.0233. The van der Waals surface area contributed by atoms with Gasteiger partial charge in [0.15, 0.2) is 0 Å². The van der Waals surface area contributed by atoms with Gasteiger partial charge in [-0.05, 0) is 44.8 Å². The van der Waals surface area contributed by atoms with Crippen LogP contribution in [-0.2, 0) is 5.88 Å². The summed E-state index contributed by atoms with van der Waals surface area (Å²) < 4.78 is 0. The third-order valence-corrected chi connectivity index (χ3v) is 2.75. The van der Waals surface area contributed by atoms with E-state index in [1.807, 2.05) is 26.2 Å². The summed E-state index contributed by atoms with van der Waals surface area (Å²) >= 11 is 5.69. The number of hydrogen-bond donors (Lipinski definition) is 1. The maximum absolute atomic E-state index is 11.7. The number of carbonyl (C=O) groups is 1. The smallest absolute Gasteiger partial charge is 0.251 e. The zero-order valence-corrected chi connectivity index (χ0v) is 11.1. The summed E-state index contributed by atoms with van der Waals surface area (Å²) in [6.07, 6.45) is 0.957. The van der Waals surface area contributed by atoms with Crippen LogP contribution in [0, 0.1) is 0 Å². The van der Waals surface area contributed by atoms with Crippen LogP contribution in [0.25, 0.3) is 0 Å². The zero-order valence-electron chi connectivity index (χ0n) is 10.4. The number of benzene rings is 1. The monoisotopic (exact) mass is 254 g/mol. The van der Waals surface area contributed by atoms with Crippen molar-refractivity contribution in [3.05, 3.63) is 35.4 Å². The molecule has 0 saturated heterocycles. The molecule has 0 heterocycles. The third-order valence-electron chi connectivity index (χ3n) is 2.44. The third kappa shape index (κ3) is 5.20. The molecule has 1 N–H and O–H groups in total. The van der Waals surface area contributed by atoms with Gasteiger partial charge in [0.25, 0.3) is 5.91 Å². The largest absolute Gasteiger partial charge is 0.352 e. The molecule has 0 aliphatic rings. The van der Waals surface area contributed by atoms with E-state index in [0.717, 1.165) is 18.5 Å². The molecule has 0 saturated carbocycles. The summed E-state index contributed by atoms with van der Waals surface area (Å²) in [5.74, 6) is 0.454. The van der Waals surface area contributed by atoms with Crippen molar-refractivity contribution >= 4 is 17.5 Å². The fourth-order valence-corrected chi connectivity index (χ4v) is 1.62. The van der Waals surface area contributed by atoms with Gasteiger partial charge in [0.1, 0.15) is 0 Å². The molecule has 1 aromatic rings. The number of amides is 1. The van der Waals surface area contributed by atoms with E-state index in [1.165, 1.54) is 0 Å². The first-order valence-electron chi connectivity index (χ1n) is 5.71. The standard InChI is InChI=1S/C13H19ClN2O/c1-16(2)9-3-8-15-13(17)12-6-4-11(10-14)5-7-12/h4-7H,3,8-10H2,1-2H3,(H,15,17). The van der Waals surface area contributed by atoms with Crippen LogP contribution < -0.4 is 5.32 Å². The first-order chi connectivity index (χ1) is 8.13. The summed E-state index contributed by atoms with van der Waals surface area (Å²) in [5, 5.41) is 2.89. The quantitative estimate of drug-likeness (QED) is 0.623. The van der Waals surface area contributed by atoms with E-state index in [9.17, 15) is 4.79 Å². The van der Waals surface area contributed by atoms with Gasteiger partial charge in [-0.25, -0.2) is 0 Å². The van der Waals surface area contributed by atoms with Crippen LogP contribution in [0.3, 0.4) is 0 Å². The summed E-state index contributed by atoms with van der Waals surface area (Å²) in [5.41, 5.74) is 1.71. The Morgan fingerprint density at radius 3 is 2.47 bits per heavy atom.